The summed E-state index contributed by atoms with van der Waals surface area (Å²) < 4.78 is 1.80. The third kappa shape index (κ3) is 3.87. The fraction of sp³-hybridized carbons (Fsp3) is 0.417. The molecule has 2 aromatic heterocycles. The lowest BCUT2D eigenvalue weighted by atomic mass is 10.3. The molecule has 0 bridgehead atoms. The molecule has 0 fully saturated rings. The quantitative estimate of drug-likeness (QED) is 0.810. The molecule has 2 rings (SSSR count). The van der Waals surface area contributed by atoms with Gasteiger partial charge in [-0.3, -0.25) is 4.79 Å². The van der Waals surface area contributed by atoms with Crippen LogP contribution in [0, 0.1) is 6.92 Å². The first-order valence-corrected chi connectivity index (χ1v) is 6.98. The zero-order chi connectivity index (χ0) is 13.7. The molecule has 0 atom stereocenters. The molecule has 2 aromatic rings. The van der Waals surface area contributed by atoms with E-state index < -0.39 is 0 Å². The Bertz CT molecular complexity index is 548. The van der Waals surface area contributed by atoms with Gasteiger partial charge < -0.3 is 15.6 Å². The molecule has 0 saturated carbocycles. The second-order valence-electron chi connectivity index (χ2n) is 4.15. The monoisotopic (exact) mass is 279 g/mol. The second kappa shape index (κ2) is 6.44. The highest BCUT2D eigenvalue weighted by Gasteiger charge is 2.08. The van der Waals surface area contributed by atoms with Gasteiger partial charge in [-0.1, -0.05) is 0 Å². The van der Waals surface area contributed by atoms with E-state index in [1.165, 1.54) is 0 Å². The summed E-state index contributed by atoms with van der Waals surface area (Å²) >= 11 is 1.62. The summed E-state index contributed by atoms with van der Waals surface area (Å²) in [6.45, 7) is 3.72. The molecular weight excluding hydrogens is 262 g/mol. The number of hydrogen-bond acceptors (Lipinski definition) is 5. The average Bonchev–Trinajstić information content (AvgIpc) is 2.99. The van der Waals surface area contributed by atoms with Crippen molar-refractivity contribution in [3.63, 3.8) is 0 Å². The summed E-state index contributed by atoms with van der Waals surface area (Å²) in [7, 11) is 0. The van der Waals surface area contributed by atoms with E-state index in [0.29, 0.717) is 25.3 Å². The lowest BCUT2D eigenvalue weighted by Gasteiger charge is -2.01. The molecule has 2 heterocycles. The fourth-order valence-electron chi connectivity index (χ4n) is 1.67. The molecule has 0 unspecified atom stereocenters. The highest BCUT2D eigenvalue weighted by atomic mass is 32.1. The van der Waals surface area contributed by atoms with Gasteiger partial charge >= 0.3 is 0 Å². The largest absolute Gasteiger partial charge is 0.350 e. The van der Waals surface area contributed by atoms with Gasteiger partial charge in [0.2, 0.25) is 0 Å². The number of hydrogen-bond donors (Lipinski definition) is 2. The van der Waals surface area contributed by atoms with Crippen LogP contribution in [0.25, 0.3) is 0 Å². The molecule has 0 saturated heterocycles. The zero-order valence-electron chi connectivity index (χ0n) is 10.8. The lowest BCUT2D eigenvalue weighted by Crippen LogP contribution is -2.26. The average molecular weight is 279 g/mol. The Labute approximate surface area is 115 Å². The van der Waals surface area contributed by atoms with Gasteiger partial charge in [0.05, 0.1) is 17.0 Å². The summed E-state index contributed by atoms with van der Waals surface area (Å²) in [5.74, 6) is -0.164. The minimum Gasteiger partial charge on any atom is -0.350 e. The summed E-state index contributed by atoms with van der Waals surface area (Å²) in [4.78, 5) is 20.2. The summed E-state index contributed by atoms with van der Waals surface area (Å²) in [5.41, 5.74) is 6.87. The van der Waals surface area contributed by atoms with E-state index >= 15 is 0 Å². The first-order valence-electron chi connectivity index (χ1n) is 6.10. The SMILES string of the molecule is Cc1nc(CCNC(=O)c2cn(CCN)cn2)cs1. The van der Waals surface area contributed by atoms with Crippen molar-refractivity contribution in [2.45, 2.75) is 19.9 Å². The molecule has 19 heavy (non-hydrogen) atoms. The zero-order valence-corrected chi connectivity index (χ0v) is 11.6. The predicted octanol–water partition coefficient (Wildman–Crippen LogP) is 0.579. The maximum absolute atomic E-state index is 11.8. The second-order valence-corrected chi connectivity index (χ2v) is 5.21. The van der Waals surface area contributed by atoms with Crippen molar-refractivity contribution in [2.75, 3.05) is 13.1 Å². The fourth-order valence-corrected chi connectivity index (χ4v) is 2.31. The Morgan fingerprint density at radius 2 is 2.42 bits per heavy atom. The Morgan fingerprint density at radius 1 is 1.58 bits per heavy atom. The van der Waals surface area contributed by atoms with E-state index in [4.69, 9.17) is 5.73 Å². The first-order chi connectivity index (χ1) is 9.19. The van der Waals surface area contributed by atoms with Crippen LogP contribution in [-0.2, 0) is 13.0 Å². The van der Waals surface area contributed by atoms with Crippen molar-refractivity contribution in [1.29, 1.82) is 0 Å². The Balaban J connectivity index is 1.80. The molecule has 0 radical (unpaired) electrons. The van der Waals surface area contributed by atoms with Crippen LogP contribution >= 0.6 is 11.3 Å². The number of carbonyl (C=O) groups excluding carboxylic acids is 1. The van der Waals surface area contributed by atoms with E-state index in [2.05, 4.69) is 15.3 Å². The van der Waals surface area contributed by atoms with Gasteiger partial charge in [-0.2, -0.15) is 0 Å². The number of thiazole rings is 1. The summed E-state index contributed by atoms with van der Waals surface area (Å²) in [5, 5.41) is 5.89. The highest BCUT2D eigenvalue weighted by molar-refractivity contribution is 7.09. The number of nitrogens with zero attached hydrogens (tertiary/aromatic N) is 3. The number of aromatic nitrogens is 3. The molecule has 102 valence electrons. The third-order valence-electron chi connectivity index (χ3n) is 2.59. The van der Waals surface area contributed by atoms with Crippen LogP contribution in [0.2, 0.25) is 0 Å². The van der Waals surface area contributed by atoms with Crippen molar-refractivity contribution in [2.24, 2.45) is 5.73 Å². The maximum atomic E-state index is 11.8. The highest BCUT2D eigenvalue weighted by Crippen LogP contribution is 2.07. The van der Waals surface area contributed by atoms with E-state index in [1.807, 2.05) is 12.3 Å². The van der Waals surface area contributed by atoms with Crippen LogP contribution in [0.15, 0.2) is 17.9 Å². The number of amides is 1. The standard InChI is InChI=1S/C12H17N5OS/c1-9-16-10(7-19-9)2-4-14-12(18)11-6-17(5-3-13)8-15-11/h6-8H,2-5,13H2,1H3,(H,14,18). The van der Waals surface area contributed by atoms with Gasteiger partial charge in [0.15, 0.2) is 0 Å². The van der Waals surface area contributed by atoms with E-state index in [1.54, 1.807) is 28.4 Å². The normalized spacial score (nSPS) is 10.6. The Hall–Kier alpha value is -1.73. The molecule has 0 aliphatic rings. The summed E-state index contributed by atoms with van der Waals surface area (Å²) in [6.07, 6.45) is 4.06. The number of imidazole rings is 1. The Morgan fingerprint density at radius 3 is 3.11 bits per heavy atom. The van der Waals surface area contributed by atoms with Crippen molar-refractivity contribution in [1.82, 2.24) is 19.9 Å². The van der Waals surface area contributed by atoms with E-state index in [0.717, 1.165) is 17.1 Å². The van der Waals surface area contributed by atoms with Crippen LogP contribution in [0.1, 0.15) is 21.2 Å². The lowest BCUT2D eigenvalue weighted by molar-refractivity contribution is 0.0949. The number of rotatable bonds is 6. The molecule has 1 amide bonds. The molecule has 0 aliphatic heterocycles. The van der Waals surface area contributed by atoms with Gasteiger partial charge in [0.25, 0.3) is 5.91 Å². The van der Waals surface area contributed by atoms with E-state index in [-0.39, 0.29) is 5.91 Å². The van der Waals surface area contributed by atoms with Crippen LogP contribution < -0.4 is 11.1 Å². The van der Waals surface area contributed by atoms with Crippen molar-refractivity contribution >= 4 is 17.2 Å². The van der Waals surface area contributed by atoms with Crippen molar-refractivity contribution in [3.8, 4) is 0 Å². The van der Waals surface area contributed by atoms with Crippen molar-refractivity contribution in [3.05, 3.63) is 34.3 Å². The van der Waals surface area contributed by atoms with Gasteiger partial charge in [-0.05, 0) is 6.92 Å². The van der Waals surface area contributed by atoms with Crippen LogP contribution in [-0.4, -0.2) is 33.5 Å². The number of nitrogens with two attached hydrogens (primary N) is 1. The Kier molecular flexibility index (Phi) is 4.64. The molecule has 6 nitrogen and oxygen atoms in total. The smallest absolute Gasteiger partial charge is 0.271 e. The molecule has 0 aromatic carbocycles. The van der Waals surface area contributed by atoms with Gasteiger partial charge in [0.1, 0.15) is 5.69 Å². The van der Waals surface area contributed by atoms with Gasteiger partial charge in [0, 0.05) is 37.6 Å². The van der Waals surface area contributed by atoms with Gasteiger partial charge in [-0.25, -0.2) is 9.97 Å². The number of aryl methyl sites for hydroxylation is 1. The maximum Gasteiger partial charge on any atom is 0.271 e. The van der Waals surface area contributed by atoms with Crippen LogP contribution in [0.5, 0.6) is 0 Å². The number of carbonyl (C=O) groups is 1. The van der Waals surface area contributed by atoms with E-state index in [9.17, 15) is 4.79 Å². The topological polar surface area (TPSA) is 85.8 Å². The third-order valence-corrected chi connectivity index (χ3v) is 3.41. The molecule has 0 spiro atoms. The first kappa shape index (κ1) is 13.7. The van der Waals surface area contributed by atoms with Crippen molar-refractivity contribution < 1.29 is 4.79 Å². The van der Waals surface area contributed by atoms with Crippen LogP contribution in [0.3, 0.4) is 0 Å². The van der Waals surface area contributed by atoms with Crippen LogP contribution in [0.4, 0.5) is 0 Å². The molecule has 0 aliphatic carbocycles. The minimum atomic E-state index is -0.164. The molecule has 3 N–H and O–H groups in total. The van der Waals surface area contributed by atoms with Gasteiger partial charge in [-0.15, -0.1) is 11.3 Å². The molecular formula is C12H17N5OS. The number of nitrogens with one attached hydrogen (secondary N) is 1. The molecule has 7 heteroatoms. The minimum absolute atomic E-state index is 0.164. The summed E-state index contributed by atoms with van der Waals surface area (Å²) in [6, 6.07) is 0. The predicted molar refractivity (Wildman–Crippen MR) is 74.2 cm³/mol.